The van der Waals surface area contributed by atoms with E-state index in [1.165, 1.54) is 11.5 Å². The number of carbonyl (C=O) groups is 1. The minimum Gasteiger partial charge on any atom is -0.323 e. The van der Waals surface area contributed by atoms with E-state index in [2.05, 4.69) is 15.5 Å². The molecule has 0 fully saturated rings. The Balaban J connectivity index is 2.11. The molecule has 2 aromatic rings. The molecule has 10 heteroatoms. The fourth-order valence-electron chi connectivity index (χ4n) is 1.88. The van der Waals surface area contributed by atoms with Gasteiger partial charge in [-0.3, -0.25) is 9.36 Å². The standard InChI is InChI=1S/C14H15F3N4O2S/c1-3-6-21-13(23)19-20-14(21)24-7(2)12(22)18-9-5-4-8(15)10(16)11(9)17/h4-5,7H,3,6H2,1-2H3,(H,18,22)(H,19,23)/t7-/m1/s1. The highest BCUT2D eigenvalue weighted by Crippen LogP contribution is 2.24. The Labute approximate surface area is 139 Å². The number of hydrogen-bond acceptors (Lipinski definition) is 4. The van der Waals surface area contributed by atoms with Crippen LogP contribution in [0.5, 0.6) is 0 Å². The number of aromatic amines is 1. The lowest BCUT2D eigenvalue weighted by molar-refractivity contribution is -0.115. The van der Waals surface area contributed by atoms with Gasteiger partial charge in [-0.15, -0.1) is 5.10 Å². The fraction of sp³-hybridized carbons (Fsp3) is 0.357. The van der Waals surface area contributed by atoms with Crippen molar-refractivity contribution >= 4 is 23.4 Å². The summed E-state index contributed by atoms with van der Waals surface area (Å²) in [6.07, 6.45) is 0.702. The molecule has 0 aliphatic carbocycles. The molecular formula is C14H15F3N4O2S. The van der Waals surface area contributed by atoms with Crippen LogP contribution in [0.15, 0.2) is 22.1 Å². The van der Waals surface area contributed by atoms with Crippen LogP contribution in [0.1, 0.15) is 20.3 Å². The van der Waals surface area contributed by atoms with Crippen LogP contribution >= 0.6 is 11.8 Å². The Kier molecular flexibility index (Phi) is 5.71. The number of H-pyrrole nitrogens is 1. The topological polar surface area (TPSA) is 79.8 Å². The number of rotatable bonds is 6. The predicted octanol–water partition coefficient (Wildman–Crippen LogP) is 2.52. The lowest BCUT2D eigenvalue weighted by Crippen LogP contribution is -2.24. The molecule has 6 nitrogen and oxygen atoms in total. The Morgan fingerprint density at radius 1 is 1.38 bits per heavy atom. The third kappa shape index (κ3) is 3.81. The van der Waals surface area contributed by atoms with E-state index in [1.807, 2.05) is 6.92 Å². The molecule has 130 valence electrons. The van der Waals surface area contributed by atoms with E-state index < -0.39 is 40.0 Å². The van der Waals surface area contributed by atoms with Crippen molar-refractivity contribution in [2.24, 2.45) is 0 Å². The van der Waals surface area contributed by atoms with Crippen LogP contribution in [-0.4, -0.2) is 25.9 Å². The second kappa shape index (κ2) is 7.56. The number of benzene rings is 1. The van der Waals surface area contributed by atoms with E-state index in [4.69, 9.17) is 0 Å². The highest BCUT2D eigenvalue weighted by molar-refractivity contribution is 8.00. The predicted molar refractivity (Wildman–Crippen MR) is 83.4 cm³/mol. The second-order valence-electron chi connectivity index (χ2n) is 4.94. The molecule has 0 spiro atoms. The monoisotopic (exact) mass is 360 g/mol. The van der Waals surface area contributed by atoms with Crippen molar-refractivity contribution in [2.75, 3.05) is 5.32 Å². The first kappa shape index (κ1) is 18.1. The van der Waals surface area contributed by atoms with Crippen molar-refractivity contribution in [3.63, 3.8) is 0 Å². The number of hydrogen-bond donors (Lipinski definition) is 2. The van der Waals surface area contributed by atoms with Gasteiger partial charge in [0.2, 0.25) is 5.91 Å². The van der Waals surface area contributed by atoms with E-state index in [-0.39, 0.29) is 0 Å². The first-order valence-corrected chi connectivity index (χ1v) is 7.99. The van der Waals surface area contributed by atoms with Crippen LogP contribution in [0.25, 0.3) is 0 Å². The minimum absolute atomic E-state index is 0.315. The van der Waals surface area contributed by atoms with Crippen LogP contribution in [0.4, 0.5) is 18.9 Å². The summed E-state index contributed by atoms with van der Waals surface area (Å²) in [6.45, 7) is 3.84. The van der Waals surface area contributed by atoms with Crippen molar-refractivity contribution in [2.45, 2.75) is 37.2 Å². The Bertz CT molecular complexity index is 806. The zero-order valence-electron chi connectivity index (χ0n) is 12.9. The highest BCUT2D eigenvalue weighted by atomic mass is 32.2. The molecule has 0 saturated carbocycles. The van der Waals surface area contributed by atoms with Gasteiger partial charge in [0.05, 0.1) is 10.9 Å². The zero-order valence-corrected chi connectivity index (χ0v) is 13.7. The van der Waals surface area contributed by atoms with E-state index in [0.717, 1.165) is 23.9 Å². The van der Waals surface area contributed by atoms with E-state index in [9.17, 15) is 22.8 Å². The normalized spacial score (nSPS) is 12.2. The van der Waals surface area contributed by atoms with Crippen molar-refractivity contribution in [3.05, 3.63) is 40.1 Å². The Morgan fingerprint density at radius 2 is 2.08 bits per heavy atom. The van der Waals surface area contributed by atoms with E-state index in [0.29, 0.717) is 18.1 Å². The summed E-state index contributed by atoms with van der Waals surface area (Å²) < 4.78 is 41.0. The van der Waals surface area contributed by atoms with Crippen molar-refractivity contribution in [1.82, 2.24) is 14.8 Å². The van der Waals surface area contributed by atoms with Crippen molar-refractivity contribution in [3.8, 4) is 0 Å². The maximum atomic E-state index is 13.6. The first-order valence-electron chi connectivity index (χ1n) is 7.11. The van der Waals surface area contributed by atoms with Crippen molar-refractivity contribution < 1.29 is 18.0 Å². The van der Waals surface area contributed by atoms with Gasteiger partial charge < -0.3 is 5.32 Å². The number of carbonyl (C=O) groups excluding carboxylic acids is 1. The molecule has 1 heterocycles. The van der Waals surface area contributed by atoms with Gasteiger partial charge in [-0.05, 0) is 25.5 Å². The molecule has 24 heavy (non-hydrogen) atoms. The van der Waals surface area contributed by atoms with Gasteiger partial charge >= 0.3 is 5.69 Å². The number of nitrogens with zero attached hydrogens (tertiary/aromatic N) is 2. The number of halogens is 3. The van der Waals surface area contributed by atoms with Crippen LogP contribution in [0.2, 0.25) is 0 Å². The van der Waals surface area contributed by atoms with Crippen LogP contribution < -0.4 is 11.0 Å². The van der Waals surface area contributed by atoms with Gasteiger partial charge in [-0.1, -0.05) is 18.7 Å². The molecular weight excluding hydrogens is 345 g/mol. The molecule has 0 radical (unpaired) electrons. The van der Waals surface area contributed by atoms with Gasteiger partial charge in [0.25, 0.3) is 0 Å². The SMILES string of the molecule is CCCn1c(S[C@H](C)C(=O)Nc2ccc(F)c(F)c2F)n[nH]c1=O. The van der Waals surface area contributed by atoms with Gasteiger partial charge in [0.15, 0.2) is 22.6 Å². The quantitative estimate of drug-likeness (QED) is 0.613. The number of nitrogens with one attached hydrogen (secondary N) is 2. The van der Waals surface area contributed by atoms with Gasteiger partial charge in [-0.25, -0.2) is 23.1 Å². The smallest absolute Gasteiger partial charge is 0.323 e. The van der Waals surface area contributed by atoms with Gasteiger partial charge in [0.1, 0.15) is 0 Å². The van der Waals surface area contributed by atoms with Crippen molar-refractivity contribution in [1.29, 1.82) is 0 Å². The van der Waals surface area contributed by atoms with E-state index >= 15 is 0 Å². The lowest BCUT2D eigenvalue weighted by Gasteiger charge is -2.12. The van der Waals surface area contributed by atoms with E-state index in [1.54, 1.807) is 0 Å². The average molecular weight is 360 g/mol. The molecule has 0 unspecified atom stereocenters. The summed E-state index contributed by atoms with van der Waals surface area (Å²) in [5, 5.41) is 7.88. The number of aromatic nitrogens is 3. The average Bonchev–Trinajstić information content (AvgIpc) is 2.89. The second-order valence-corrected chi connectivity index (χ2v) is 6.24. The van der Waals surface area contributed by atoms with Gasteiger partial charge in [-0.2, -0.15) is 0 Å². The maximum Gasteiger partial charge on any atom is 0.343 e. The fourth-order valence-corrected chi connectivity index (χ4v) is 2.76. The number of amides is 1. The van der Waals surface area contributed by atoms with Crippen LogP contribution in [-0.2, 0) is 11.3 Å². The number of thioether (sulfide) groups is 1. The molecule has 0 aliphatic heterocycles. The largest absolute Gasteiger partial charge is 0.343 e. The summed E-state index contributed by atoms with van der Waals surface area (Å²) in [7, 11) is 0. The summed E-state index contributed by atoms with van der Waals surface area (Å²) in [5.74, 6) is -5.10. The molecule has 1 amide bonds. The molecule has 0 aliphatic rings. The van der Waals surface area contributed by atoms with Crippen LogP contribution in [0, 0.1) is 17.5 Å². The van der Waals surface area contributed by atoms with Crippen LogP contribution in [0.3, 0.4) is 0 Å². The summed E-state index contributed by atoms with van der Waals surface area (Å²) in [6, 6.07) is 1.66. The zero-order chi connectivity index (χ0) is 17.9. The Hall–Kier alpha value is -2.23. The maximum absolute atomic E-state index is 13.6. The summed E-state index contributed by atoms with van der Waals surface area (Å²) in [4.78, 5) is 23.7. The Morgan fingerprint density at radius 3 is 2.75 bits per heavy atom. The first-order chi connectivity index (χ1) is 11.3. The molecule has 0 saturated heterocycles. The molecule has 2 N–H and O–H groups in total. The summed E-state index contributed by atoms with van der Waals surface area (Å²) in [5.41, 5.74) is -0.849. The number of anilines is 1. The third-order valence-corrected chi connectivity index (χ3v) is 4.21. The summed E-state index contributed by atoms with van der Waals surface area (Å²) >= 11 is 0.990. The molecule has 1 atom stereocenters. The molecule has 0 bridgehead atoms. The minimum atomic E-state index is -1.66. The lowest BCUT2D eigenvalue weighted by atomic mass is 10.2. The van der Waals surface area contributed by atoms with Gasteiger partial charge in [0, 0.05) is 6.54 Å². The third-order valence-electron chi connectivity index (χ3n) is 3.11. The molecule has 1 aromatic heterocycles. The molecule has 1 aromatic carbocycles. The molecule has 2 rings (SSSR count). The highest BCUT2D eigenvalue weighted by Gasteiger charge is 2.21.